The number of phenolic OH excluding ortho intramolecular Hbond substituents is 3. The quantitative estimate of drug-likeness (QED) is 0.0218. The highest BCUT2D eigenvalue weighted by Gasteiger charge is 2.20. The van der Waals surface area contributed by atoms with Crippen LogP contribution >= 0.6 is 0 Å². The summed E-state index contributed by atoms with van der Waals surface area (Å²) in [7, 11) is 11.9. The van der Waals surface area contributed by atoms with Gasteiger partial charge >= 0.3 is 29.8 Å². The number of carbonyl (C=O) groups is 8. The highest BCUT2D eigenvalue weighted by molar-refractivity contribution is 5.92. The smallest absolute Gasteiger partial charge is 0.337 e. The van der Waals surface area contributed by atoms with Crippen LogP contribution in [0.5, 0.6) is 51.7 Å². The lowest BCUT2D eigenvalue weighted by Gasteiger charge is -2.14. The molecule has 0 aliphatic heterocycles. The topological polar surface area (TPSA) is 358 Å². The van der Waals surface area contributed by atoms with E-state index in [0.717, 1.165) is 39.9 Å². The highest BCUT2D eigenvalue weighted by atomic mass is 16.5. The molecule has 0 saturated heterocycles. The molecule has 8 rings (SSSR count). The maximum atomic E-state index is 12.5. The van der Waals surface area contributed by atoms with Gasteiger partial charge in [-0.2, -0.15) is 0 Å². The maximum Gasteiger partial charge on any atom is 0.337 e. The molecular formula is C74H79NO22. The number of methoxy groups -OCH3 is 8. The Morgan fingerprint density at radius 3 is 0.907 bits per heavy atom. The van der Waals surface area contributed by atoms with E-state index in [1.54, 1.807) is 107 Å². The molecule has 23 nitrogen and oxygen atoms in total. The number of esters is 2. The van der Waals surface area contributed by atoms with Crippen molar-refractivity contribution in [3.05, 3.63) is 223 Å². The summed E-state index contributed by atoms with van der Waals surface area (Å²) in [5.74, 6) is -1.59. The molecule has 23 heteroatoms. The van der Waals surface area contributed by atoms with E-state index >= 15 is 0 Å². The predicted molar refractivity (Wildman–Crippen MR) is 360 cm³/mol. The molecule has 0 aliphatic carbocycles. The normalized spacial score (nSPS) is 10.1. The first-order valence-corrected chi connectivity index (χ1v) is 29.5. The second kappa shape index (κ2) is 38.3. The van der Waals surface area contributed by atoms with Gasteiger partial charge in [0.15, 0.2) is 0 Å². The highest BCUT2D eigenvalue weighted by Crippen LogP contribution is 2.35. The number of hydrogen-bond acceptors (Lipinski definition) is 20. The van der Waals surface area contributed by atoms with Crippen LogP contribution in [0.1, 0.15) is 97.1 Å². The summed E-state index contributed by atoms with van der Waals surface area (Å²) in [4.78, 5) is 92.0. The summed E-state index contributed by atoms with van der Waals surface area (Å²) in [6, 6.07) is 39.1. The van der Waals surface area contributed by atoms with E-state index in [4.69, 9.17) is 54.2 Å². The van der Waals surface area contributed by atoms with Crippen LogP contribution in [0.25, 0.3) is 0 Å². The Bertz CT molecular complexity index is 4000. The number of Topliss-reactive ketones (excluding diaryl/α,β-unsaturated/α-hetero) is 3. The molecule has 0 atom stereocenters. The van der Waals surface area contributed by atoms with Crippen LogP contribution < -0.4 is 34.2 Å². The number of nitrogens with two attached hydrogens (primary N) is 1. The molecule has 8 aromatic carbocycles. The fraction of sp³-hybridized carbons (Fsp3) is 0.243. The molecule has 8 N–H and O–H groups in total. The van der Waals surface area contributed by atoms with Gasteiger partial charge in [0.1, 0.15) is 69.1 Å². The first-order valence-electron chi connectivity index (χ1n) is 29.5. The lowest BCUT2D eigenvalue weighted by Crippen LogP contribution is -2.10. The summed E-state index contributed by atoms with van der Waals surface area (Å²) in [6.07, 6.45) is 0.355. The van der Waals surface area contributed by atoms with Crippen molar-refractivity contribution in [3.8, 4) is 51.7 Å². The van der Waals surface area contributed by atoms with E-state index in [-0.39, 0.29) is 102 Å². The van der Waals surface area contributed by atoms with Crippen LogP contribution in [0.4, 0.5) is 5.69 Å². The van der Waals surface area contributed by atoms with Crippen LogP contribution in [0.15, 0.2) is 146 Å². The fourth-order valence-electron chi connectivity index (χ4n) is 9.63. The van der Waals surface area contributed by atoms with Gasteiger partial charge < -0.3 is 74.3 Å². The van der Waals surface area contributed by atoms with Crippen molar-refractivity contribution in [2.45, 2.75) is 65.7 Å². The number of aryl methyl sites for hydroxylation is 3. The standard InChI is InChI=1S/C20H22O5.C19H20O5.C16H14O6.C11H14O4.C8H9NO2/c1-13-8-18(23-2)17(19(9-13)24-3)12-16(21)11-14-6-5-7-15(10-14)20(22)25-4;1-12-7-17(23-2)16(18(8-12)24-3)11-15(20)10-13-5-4-6-14(9-13)19(21)22;17-11(5-9-2-1-3-10(4-9)16(21)22)6-13-14(19)7-12(18)8-15(13)20;1-7-4-9(14-2)8(6-11(12)13)10(5-7)15-3;1-11-8(10)6-3-2-4-7(9)5-6/h5-10H,11-12H2,1-4H3;4-9H,10-11H2,1-3H3,(H,21,22);1-4,7-8,18-20H,5-6H2,(H,21,22);4-5H,6H2,1-3H3,(H,12,13);2-5H,9H2,1H3. The Morgan fingerprint density at radius 1 is 0.340 bits per heavy atom. The molecule has 0 spiro atoms. The number of phenols is 3. The lowest BCUT2D eigenvalue weighted by molar-refractivity contribution is -0.136. The molecular weight excluding hydrogens is 1250 g/mol. The number of carboxylic acids is 3. The Balaban J connectivity index is 0.000000264. The number of nitrogen functional groups attached to an aromatic ring is 1. The summed E-state index contributed by atoms with van der Waals surface area (Å²) in [6.45, 7) is 5.76. The zero-order chi connectivity index (χ0) is 72.1. The van der Waals surface area contributed by atoms with Gasteiger partial charge in [-0.05, 0) is 145 Å². The summed E-state index contributed by atoms with van der Waals surface area (Å²) in [5, 5.41) is 55.2. The Labute approximate surface area is 561 Å². The van der Waals surface area contributed by atoms with E-state index in [1.807, 2.05) is 51.1 Å². The molecule has 0 heterocycles. The predicted octanol–water partition coefficient (Wildman–Crippen LogP) is 10.8. The largest absolute Gasteiger partial charge is 0.508 e. The average molecular weight is 1330 g/mol. The molecule has 512 valence electrons. The number of benzene rings is 8. The summed E-state index contributed by atoms with van der Waals surface area (Å²) in [5.41, 5.74) is 14.1. The number of carbonyl (C=O) groups excluding carboxylic acids is 5. The minimum Gasteiger partial charge on any atom is -0.508 e. The van der Waals surface area contributed by atoms with E-state index in [1.165, 1.54) is 52.7 Å². The minimum absolute atomic E-state index is 0.00229. The van der Waals surface area contributed by atoms with Gasteiger partial charge in [0.05, 0.1) is 85.6 Å². The minimum atomic E-state index is -1.08. The maximum absolute atomic E-state index is 12.5. The third kappa shape index (κ3) is 24.5. The second-order valence-corrected chi connectivity index (χ2v) is 21.5. The molecule has 97 heavy (non-hydrogen) atoms. The van der Waals surface area contributed by atoms with Gasteiger partial charge in [0.25, 0.3) is 0 Å². The molecule has 0 amide bonds. The number of aliphatic carboxylic acids is 1. The zero-order valence-electron chi connectivity index (χ0n) is 55.6. The first kappa shape index (κ1) is 77.6. The van der Waals surface area contributed by atoms with Crippen molar-refractivity contribution in [3.63, 3.8) is 0 Å². The number of aromatic carboxylic acids is 2. The molecule has 8 aromatic rings. The molecule has 0 saturated carbocycles. The van der Waals surface area contributed by atoms with Crippen molar-refractivity contribution in [1.82, 2.24) is 0 Å². The second-order valence-electron chi connectivity index (χ2n) is 21.5. The number of rotatable bonds is 24. The Morgan fingerprint density at radius 2 is 0.619 bits per heavy atom. The van der Waals surface area contributed by atoms with Crippen molar-refractivity contribution in [2.75, 3.05) is 62.6 Å². The van der Waals surface area contributed by atoms with Crippen LogP contribution in [-0.2, 0) is 73.6 Å². The third-order valence-corrected chi connectivity index (χ3v) is 14.1. The van der Waals surface area contributed by atoms with Crippen molar-refractivity contribution in [1.29, 1.82) is 0 Å². The number of carboxylic acid groups (broad SMARTS) is 3. The number of anilines is 1. The molecule has 0 unspecified atom stereocenters. The molecule has 0 bridgehead atoms. The molecule has 0 aliphatic rings. The average Bonchev–Trinajstić information content (AvgIpc) is 0.872. The van der Waals surface area contributed by atoms with Crippen LogP contribution in [0.3, 0.4) is 0 Å². The van der Waals surface area contributed by atoms with Gasteiger partial charge in [-0.1, -0.05) is 42.5 Å². The van der Waals surface area contributed by atoms with Crippen molar-refractivity contribution < 1.29 is 107 Å². The monoisotopic (exact) mass is 1330 g/mol. The number of aromatic hydroxyl groups is 3. The van der Waals surface area contributed by atoms with E-state index in [0.29, 0.717) is 73.6 Å². The first-order chi connectivity index (χ1) is 46.1. The van der Waals surface area contributed by atoms with E-state index in [9.17, 15) is 53.7 Å². The van der Waals surface area contributed by atoms with E-state index in [2.05, 4.69) is 4.74 Å². The molecule has 0 radical (unpaired) electrons. The SMILES string of the molecule is COC(=O)c1cccc(CC(=O)Cc2c(OC)cc(C)cc2OC)c1.COC(=O)c1cccc(N)c1.COc1cc(C)cc(OC)c1CC(=O)Cc1cccc(C(=O)O)c1.COc1cc(C)cc(OC)c1CC(=O)O.O=C(Cc1cccc(C(=O)O)c1)Cc1c(O)cc(O)cc1O. The van der Waals surface area contributed by atoms with Crippen LogP contribution in [0.2, 0.25) is 0 Å². The third-order valence-electron chi connectivity index (χ3n) is 14.1. The number of ketones is 3. The van der Waals surface area contributed by atoms with E-state index < -0.39 is 23.9 Å². The Hall–Kier alpha value is -11.9. The Kier molecular flexibility index (Phi) is 30.7. The van der Waals surface area contributed by atoms with Crippen LogP contribution in [-0.4, -0.2) is 135 Å². The molecule has 0 fully saturated rings. The van der Waals surface area contributed by atoms with Gasteiger partial charge in [0, 0.05) is 78.6 Å². The number of ether oxygens (including phenoxy) is 8. The number of hydrogen-bond donors (Lipinski definition) is 7. The lowest BCUT2D eigenvalue weighted by atomic mass is 9.99. The van der Waals surface area contributed by atoms with Gasteiger partial charge in [-0.15, -0.1) is 0 Å². The summed E-state index contributed by atoms with van der Waals surface area (Å²) < 4.78 is 41.0. The van der Waals surface area contributed by atoms with Crippen molar-refractivity contribution >= 4 is 52.9 Å². The fourth-order valence-corrected chi connectivity index (χ4v) is 9.63. The summed E-state index contributed by atoms with van der Waals surface area (Å²) >= 11 is 0. The van der Waals surface area contributed by atoms with Crippen molar-refractivity contribution in [2.24, 2.45) is 0 Å². The van der Waals surface area contributed by atoms with Gasteiger partial charge in [0.2, 0.25) is 0 Å². The zero-order valence-corrected chi connectivity index (χ0v) is 55.6. The van der Waals surface area contributed by atoms with Crippen LogP contribution in [0, 0.1) is 20.8 Å². The molecule has 0 aromatic heterocycles. The van der Waals surface area contributed by atoms with Gasteiger partial charge in [-0.25, -0.2) is 19.2 Å². The van der Waals surface area contributed by atoms with Gasteiger partial charge in [-0.3, -0.25) is 19.2 Å².